The third-order valence-corrected chi connectivity index (χ3v) is 2.01. The number of hydrogen-bond acceptors (Lipinski definition) is 1. The summed E-state index contributed by atoms with van der Waals surface area (Å²) in [4.78, 5) is 12.5. The lowest BCUT2D eigenvalue weighted by molar-refractivity contribution is -0.116. The summed E-state index contributed by atoms with van der Waals surface area (Å²) < 4.78 is 0. The van der Waals surface area contributed by atoms with E-state index < -0.39 is 0 Å². The van der Waals surface area contributed by atoms with Crippen LogP contribution in [0, 0.1) is 0 Å². The van der Waals surface area contributed by atoms with Crippen molar-refractivity contribution in [1.29, 1.82) is 0 Å². The van der Waals surface area contributed by atoms with Gasteiger partial charge in [-0.3, -0.25) is 4.79 Å². The van der Waals surface area contributed by atoms with Gasteiger partial charge < -0.3 is 4.90 Å². The Balaban J connectivity index is 3.02. The Hall–Kier alpha value is -1.02. The summed E-state index contributed by atoms with van der Waals surface area (Å²) in [7, 11) is 1.70. The van der Waals surface area contributed by atoms with Gasteiger partial charge in [0.25, 0.3) is 0 Å². The van der Waals surface area contributed by atoms with E-state index in [-0.39, 0.29) is 5.91 Å². The number of hydrogen-bond donors (Lipinski definition) is 0. The summed E-state index contributed by atoms with van der Waals surface area (Å²) in [6.45, 7) is 1.50. The van der Waals surface area contributed by atoms with Crippen LogP contribution in [0.1, 0.15) is 6.92 Å². The molecule has 0 aliphatic heterocycles. The largest absolute Gasteiger partial charge is 0.314 e. The minimum atomic E-state index is -0.0249. The molecule has 0 aromatic heterocycles. The van der Waals surface area contributed by atoms with Crippen LogP contribution >= 0.6 is 11.6 Å². The topological polar surface area (TPSA) is 20.3 Å². The molecule has 0 atom stereocenters. The molecule has 0 saturated heterocycles. The molecule has 2 nitrogen and oxygen atoms in total. The number of nitrogens with zero attached hydrogens (tertiary/aromatic N) is 1. The normalized spacial score (nSPS) is 9.58. The lowest BCUT2D eigenvalue weighted by Gasteiger charge is -2.15. The highest BCUT2D eigenvalue weighted by Gasteiger charge is 2.07. The fraction of sp³-hybridized carbons (Fsp3) is 0.222. The van der Waals surface area contributed by atoms with Gasteiger partial charge >= 0.3 is 0 Å². The first-order valence-corrected chi connectivity index (χ1v) is 3.99. The highest BCUT2D eigenvalue weighted by Crippen LogP contribution is 2.23. The van der Waals surface area contributed by atoms with E-state index in [1.54, 1.807) is 13.1 Å². The van der Waals surface area contributed by atoms with E-state index in [1.165, 1.54) is 11.8 Å². The van der Waals surface area contributed by atoms with Crippen LogP contribution in [0.15, 0.2) is 24.3 Å². The highest BCUT2D eigenvalue weighted by molar-refractivity contribution is 6.33. The van der Waals surface area contributed by atoms with Gasteiger partial charge in [-0.05, 0) is 12.1 Å². The van der Waals surface area contributed by atoms with Crippen LogP contribution in [0.25, 0.3) is 0 Å². The van der Waals surface area contributed by atoms with E-state index in [0.717, 1.165) is 5.69 Å². The van der Waals surface area contributed by atoms with Crippen molar-refractivity contribution in [2.75, 3.05) is 11.9 Å². The van der Waals surface area contributed by atoms with Crippen LogP contribution in [0.2, 0.25) is 5.02 Å². The van der Waals surface area contributed by atoms with Gasteiger partial charge in [-0.1, -0.05) is 23.7 Å². The molecule has 0 fully saturated rings. The monoisotopic (exact) mass is 184 g/mol. The van der Waals surface area contributed by atoms with Crippen molar-refractivity contribution >= 4 is 23.2 Å². The number of para-hydroxylation sites is 1. The van der Waals surface area contributed by atoms with Gasteiger partial charge in [0, 0.05) is 14.0 Å². The SMILES string of the molecule is C[13C](=O)N(C)c1ccccc1Cl. The zero-order valence-corrected chi connectivity index (χ0v) is 7.80. The van der Waals surface area contributed by atoms with Crippen LogP contribution in [-0.4, -0.2) is 13.0 Å². The fourth-order valence-corrected chi connectivity index (χ4v) is 1.16. The van der Waals surface area contributed by atoms with E-state index in [9.17, 15) is 4.79 Å². The van der Waals surface area contributed by atoms with Crippen LogP contribution in [0.5, 0.6) is 0 Å². The van der Waals surface area contributed by atoms with Gasteiger partial charge in [0.15, 0.2) is 0 Å². The third kappa shape index (κ3) is 1.77. The van der Waals surface area contributed by atoms with Crippen molar-refractivity contribution in [3.63, 3.8) is 0 Å². The molecule has 1 aromatic rings. The van der Waals surface area contributed by atoms with Gasteiger partial charge in [0.05, 0.1) is 10.7 Å². The van der Waals surface area contributed by atoms with Crippen molar-refractivity contribution in [3.05, 3.63) is 29.3 Å². The summed E-state index contributed by atoms with van der Waals surface area (Å²) >= 11 is 5.87. The number of carbonyl (C=O) groups is 1. The number of anilines is 1. The molecule has 64 valence electrons. The molecule has 0 heterocycles. The Morgan fingerprint density at radius 3 is 2.50 bits per heavy atom. The molecule has 0 aliphatic rings. The fourth-order valence-electron chi connectivity index (χ4n) is 0.893. The maximum absolute atomic E-state index is 11.0. The van der Waals surface area contributed by atoms with Crippen molar-refractivity contribution < 1.29 is 4.79 Å². The van der Waals surface area contributed by atoms with Gasteiger partial charge in [-0.15, -0.1) is 0 Å². The predicted octanol–water partition coefficient (Wildman–Crippen LogP) is 2.32. The lowest BCUT2D eigenvalue weighted by Crippen LogP contribution is -2.22. The average molecular weight is 185 g/mol. The second kappa shape index (κ2) is 3.59. The van der Waals surface area contributed by atoms with Crippen LogP contribution in [0.3, 0.4) is 0 Å². The maximum Gasteiger partial charge on any atom is 0.223 e. The average Bonchev–Trinajstić information content (AvgIpc) is 2.04. The zero-order valence-electron chi connectivity index (χ0n) is 7.04. The summed E-state index contributed by atoms with van der Waals surface area (Å²) in [5.41, 5.74) is 0.742. The van der Waals surface area contributed by atoms with Gasteiger partial charge in [-0.25, -0.2) is 0 Å². The minimum absolute atomic E-state index is 0.0249. The molecule has 1 amide bonds. The molecule has 0 spiro atoms. The van der Waals surface area contributed by atoms with E-state index in [0.29, 0.717) is 5.02 Å². The molecule has 0 radical (unpaired) electrons. The third-order valence-electron chi connectivity index (χ3n) is 1.69. The Bertz CT molecular complexity index is 298. The molecular formula is C9H10ClNO. The Morgan fingerprint density at radius 2 is 2.00 bits per heavy atom. The first-order chi connectivity index (χ1) is 5.63. The number of halogens is 1. The molecule has 0 saturated carbocycles. The smallest absolute Gasteiger partial charge is 0.223 e. The second-order valence-electron chi connectivity index (χ2n) is 2.53. The molecule has 12 heavy (non-hydrogen) atoms. The molecule has 0 N–H and O–H groups in total. The van der Waals surface area contributed by atoms with Gasteiger partial charge in [0.1, 0.15) is 0 Å². The molecular weight excluding hydrogens is 175 g/mol. The summed E-state index contributed by atoms with van der Waals surface area (Å²) in [5.74, 6) is -0.0249. The van der Waals surface area contributed by atoms with Crippen LogP contribution in [0.4, 0.5) is 5.69 Å². The van der Waals surface area contributed by atoms with E-state index in [1.807, 2.05) is 18.2 Å². The second-order valence-corrected chi connectivity index (χ2v) is 2.94. The number of benzene rings is 1. The Morgan fingerprint density at radius 1 is 1.42 bits per heavy atom. The first kappa shape index (κ1) is 9.07. The predicted molar refractivity (Wildman–Crippen MR) is 50.5 cm³/mol. The molecule has 1 aromatic carbocycles. The first-order valence-electron chi connectivity index (χ1n) is 3.61. The number of amides is 1. The summed E-state index contributed by atoms with van der Waals surface area (Å²) in [6.07, 6.45) is 0. The van der Waals surface area contributed by atoms with Crippen LogP contribution in [-0.2, 0) is 4.79 Å². The number of carbonyl (C=O) groups excluding carboxylic acids is 1. The lowest BCUT2D eigenvalue weighted by atomic mass is 10.3. The maximum atomic E-state index is 11.0. The molecule has 0 bridgehead atoms. The molecule has 1 rings (SSSR count). The number of rotatable bonds is 1. The van der Waals surface area contributed by atoms with Crippen molar-refractivity contribution in [2.45, 2.75) is 6.92 Å². The van der Waals surface area contributed by atoms with Gasteiger partial charge in [-0.2, -0.15) is 0 Å². The van der Waals surface area contributed by atoms with E-state index in [2.05, 4.69) is 0 Å². The van der Waals surface area contributed by atoms with E-state index >= 15 is 0 Å². The molecule has 0 aliphatic carbocycles. The van der Waals surface area contributed by atoms with Crippen LogP contribution < -0.4 is 4.90 Å². The molecule has 3 heteroatoms. The quantitative estimate of drug-likeness (QED) is 0.614. The minimum Gasteiger partial charge on any atom is -0.314 e. The van der Waals surface area contributed by atoms with Gasteiger partial charge in [0.2, 0.25) is 5.91 Å². The highest BCUT2D eigenvalue weighted by atomic mass is 35.5. The zero-order chi connectivity index (χ0) is 9.14. The van der Waals surface area contributed by atoms with E-state index in [4.69, 9.17) is 11.6 Å². The molecule has 0 unspecified atom stereocenters. The summed E-state index contributed by atoms with van der Waals surface area (Å²) in [5, 5.41) is 0.593. The Labute approximate surface area is 76.8 Å². The van der Waals surface area contributed by atoms with Crippen molar-refractivity contribution in [2.24, 2.45) is 0 Å². The standard InChI is InChI=1S/C9H10ClNO/c1-7(12)11(2)9-6-4-3-5-8(9)10/h3-6H,1-2H3/i7+1. The summed E-state index contributed by atoms with van der Waals surface area (Å²) in [6, 6.07) is 7.25. The van der Waals surface area contributed by atoms with Crippen molar-refractivity contribution in [1.82, 2.24) is 0 Å². The Kier molecular flexibility index (Phi) is 2.71. The van der Waals surface area contributed by atoms with Crippen molar-refractivity contribution in [3.8, 4) is 0 Å².